The maximum atomic E-state index is 13.8. The Morgan fingerprint density at radius 1 is 0.868 bits per heavy atom. The SMILES string of the molecule is COc1ccc(OC)c(N(CC(=O)N2CCc3cc(S(=O)(=O)N(C)C)ccc32)S(=O)(=O)c2ccccc2)c1. The van der Waals surface area contributed by atoms with E-state index in [-0.39, 0.29) is 27.8 Å². The molecule has 0 saturated carbocycles. The number of sulfonamides is 2. The minimum absolute atomic E-state index is 0.0121. The first kappa shape index (κ1) is 27.4. The fourth-order valence-electron chi connectivity index (χ4n) is 4.23. The molecule has 0 bridgehead atoms. The van der Waals surface area contributed by atoms with Crippen molar-refractivity contribution in [1.82, 2.24) is 4.31 Å². The van der Waals surface area contributed by atoms with Crippen molar-refractivity contribution in [2.24, 2.45) is 0 Å². The Morgan fingerprint density at radius 2 is 1.58 bits per heavy atom. The fourth-order valence-corrected chi connectivity index (χ4v) is 6.62. The van der Waals surface area contributed by atoms with Gasteiger partial charge in [0.2, 0.25) is 15.9 Å². The topological polar surface area (TPSA) is 114 Å². The number of rotatable bonds is 9. The third-order valence-corrected chi connectivity index (χ3v) is 9.88. The van der Waals surface area contributed by atoms with Gasteiger partial charge in [-0.3, -0.25) is 9.10 Å². The summed E-state index contributed by atoms with van der Waals surface area (Å²) < 4.78 is 65.6. The fraction of sp³-hybridized carbons (Fsp3) is 0.269. The van der Waals surface area contributed by atoms with E-state index >= 15 is 0 Å². The number of hydrogen-bond donors (Lipinski definition) is 0. The molecule has 1 aliphatic heterocycles. The molecule has 0 saturated heterocycles. The summed E-state index contributed by atoms with van der Waals surface area (Å²) >= 11 is 0. The number of ether oxygens (including phenoxy) is 2. The van der Waals surface area contributed by atoms with Crippen molar-refractivity contribution in [2.75, 3.05) is 50.6 Å². The van der Waals surface area contributed by atoms with Crippen LogP contribution in [-0.4, -0.2) is 68.5 Å². The van der Waals surface area contributed by atoms with Crippen molar-refractivity contribution in [3.05, 3.63) is 72.3 Å². The van der Waals surface area contributed by atoms with Crippen molar-refractivity contribution in [3.8, 4) is 11.5 Å². The number of anilines is 2. The summed E-state index contributed by atoms with van der Waals surface area (Å²) in [4.78, 5) is 15.3. The lowest BCUT2D eigenvalue weighted by Crippen LogP contribution is -2.42. The van der Waals surface area contributed by atoms with Crippen LogP contribution in [0.25, 0.3) is 0 Å². The van der Waals surface area contributed by atoms with Crippen LogP contribution in [0.15, 0.2) is 76.5 Å². The Hall–Kier alpha value is -3.61. The molecule has 10 nitrogen and oxygen atoms in total. The molecule has 0 atom stereocenters. The number of methoxy groups -OCH3 is 2. The number of nitrogens with zero attached hydrogens (tertiary/aromatic N) is 3. The lowest BCUT2D eigenvalue weighted by Gasteiger charge is -2.28. The third kappa shape index (κ3) is 5.06. The monoisotopic (exact) mass is 559 g/mol. The van der Waals surface area contributed by atoms with E-state index in [1.165, 1.54) is 57.5 Å². The Labute approximate surface area is 223 Å². The van der Waals surface area contributed by atoms with E-state index in [0.29, 0.717) is 23.4 Å². The van der Waals surface area contributed by atoms with Gasteiger partial charge in [-0.2, -0.15) is 0 Å². The van der Waals surface area contributed by atoms with Gasteiger partial charge in [-0.25, -0.2) is 21.1 Å². The first-order valence-electron chi connectivity index (χ1n) is 11.7. The Bertz CT molecular complexity index is 1560. The summed E-state index contributed by atoms with van der Waals surface area (Å²) in [5, 5.41) is 0. The minimum atomic E-state index is -4.18. The molecule has 1 amide bonds. The Morgan fingerprint density at radius 3 is 2.21 bits per heavy atom. The Balaban J connectivity index is 1.74. The zero-order valence-electron chi connectivity index (χ0n) is 21.5. The first-order valence-corrected chi connectivity index (χ1v) is 14.5. The standard InChI is InChI=1S/C26H29N3O7S2/c1-27(2)37(31,32)22-11-12-23-19(16-22)14-15-28(23)26(30)18-29(38(33,34)21-8-6-5-7-9-21)24-17-20(35-3)10-13-25(24)36-4/h5-13,16-17H,14-15,18H2,1-4H3. The van der Waals surface area contributed by atoms with Gasteiger partial charge in [-0.1, -0.05) is 18.2 Å². The molecule has 0 N–H and O–H groups in total. The average molecular weight is 560 g/mol. The molecule has 0 radical (unpaired) electrons. The van der Waals surface area contributed by atoms with Crippen molar-refractivity contribution in [2.45, 2.75) is 16.2 Å². The maximum Gasteiger partial charge on any atom is 0.264 e. The molecule has 3 aromatic carbocycles. The zero-order chi connectivity index (χ0) is 27.7. The van der Waals surface area contributed by atoms with Crippen molar-refractivity contribution in [1.29, 1.82) is 0 Å². The smallest absolute Gasteiger partial charge is 0.264 e. The highest BCUT2D eigenvalue weighted by molar-refractivity contribution is 7.93. The largest absolute Gasteiger partial charge is 0.497 e. The van der Waals surface area contributed by atoms with Crippen LogP contribution in [0.2, 0.25) is 0 Å². The van der Waals surface area contributed by atoms with Crippen molar-refractivity contribution < 1.29 is 31.1 Å². The lowest BCUT2D eigenvalue weighted by molar-refractivity contribution is -0.117. The minimum Gasteiger partial charge on any atom is -0.497 e. The summed E-state index contributed by atoms with van der Waals surface area (Å²) in [6, 6.07) is 17.1. The van der Waals surface area contributed by atoms with Crippen molar-refractivity contribution in [3.63, 3.8) is 0 Å². The predicted molar refractivity (Wildman–Crippen MR) is 144 cm³/mol. The normalized spacial score (nSPS) is 13.3. The molecule has 12 heteroatoms. The van der Waals surface area contributed by atoms with Gasteiger partial charge >= 0.3 is 0 Å². The van der Waals surface area contributed by atoms with E-state index in [2.05, 4.69) is 0 Å². The number of amides is 1. The van der Waals surface area contributed by atoms with Crippen LogP contribution in [0.5, 0.6) is 11.5 Å². The maximum absolute atomic E-state index is 13.8. The molecule has 0 unspecified atom stereocenters. The first-order chi connectivity index (χ1) is 18.0. The van der Waals surface area contributed by atoms with Crippen LogP contribution in [0.3, 0.4) is 0 Å². The van der Waals surface area contributed by atoms with E-state index < -0.39 is 32.5 Å². The van der Waals surface area contributed by atoms with Gasteiger partial charge in [0.15, 0.2) is 0 Å². The number of benzene rings is 3. The van der Waals surface area contributed by atoms with E-state index in [1.54, 1.807) is 42.5 Å². The molecule has 4 rings (SSSR count). The van der Waals surface area contributed by atoms with Gasteiger partial charge in [0, 0.05) is 32.4 Å². The van der Waals surface area contributed by atoms with Crippen LogP contribution in [0.1, 0.15) is 5.56 Å². The molecular weight excluding hydrogens is 530 g/mol. The molecule has 0 fully saturated rings. The predicted octanol–water partition coefficient (Wildman–Crippen LogP) is 2.74. The highest BCUT2D eigenvalue weighted by Crippen LogP contribution is 2.37. The molecule has 1 aliphatic rings. The number of hydrogen-bond acceptors (Lipinski definition) is 7. The molecular formula is C26H29N3O7S2. The van der Waals surface area contributed by atoms with Crippen molar-refractivity contribution >= 4 is 37.3 Å². The number of carbonyl (C=O) groups is 1. The second kappa shape index (κ2) is 10.6. The van der Waals surface area contributed by atoms with Gasteiger partial charge in [-0.05, 0) is 54.4 Å². The highest BCUT2D eigenvalue weighted by Gasteiger charge is 2.34. The van der Waals surface area contributed by atoms with Gasteiger partial charge < -0.3 is 14.4 Å². The van der Waals surface area contributed by atoms with E-state index in [1.807, 2.05) is 0 Å². The van der Waals surface area contributed by atoms with Crippen LogP contribution in [0, 0.1) is 0 Å². The number of carbonyl (C=O) groups excluding carboxylic acids is 1. The molecule has 202 valence electrons. The van der Waals surface area contributed by atoms with Gasteiger partial charge in [0.25, 0.3) is 10.0 Å². The second-order valence-electron chi connectivity index (χ2n) is 8.74. The second-order valence-corrected chi connectivity index (χ2v) is 12.7. The molecule has 3 aromatic rings. The highest BCUT2D eigenvalue weighted by atomic mass is 32.2. The zero-order valence-corrected chi connectivity index (χ0v) is 23.1. The lowest BCUT2D eigenvalue weighted by atomic mass is 10.2. The molecule has 38 heavy (non-hydrogen) atoms. The number of fused-ring (bicyclic) bond motifs is 1. The summed E-state index contributed by atoms with van der Waals surface area (Å²) in [6.45, 7) is -0.230. The van der Waals surface area contributed by atoms with E-state index in [9.17, 15) is 21.6 Å². The van der Waals surface area contributed by atoms with Crippen LogP contribution in [0.4, 0.5) is 11.4 Å². The van der Waals surface area contributed by atoms with Crippen LogP contribution in [-0.2, 0) is 31.3 Å². The van der Waals surface area contributed by atoms with Gasteiger partial charge in [0.05, 0.1) is 29.7 Å². The molecule has 0 aromatic heterocycles. The van der Waals surface area contributed by atoms with E-state index in [4.69, 9.17) is 9.47 Å². The Kier molecular flexibility index (Phi) is 7.68. The molecule has 1 heterocycles. The van der Waals surface area contributed by atoms with E-state index in [0.717, 1.165) is 8.61 Å². The van der Waals surface area contributed by atoms with Crippen LogP contribution >= 0.6 is 0 Å². The summed E-state index contributed by atoms with van der Waals surface area (Å²) in [5.74, 6) is 0.164. The molecule has 0 spiro atoms. The summed E-state index contributed by atoms with van der Waals surface area (Å²) in [7, 11) is -2.05. The summed E-state index contributed by atoms with van der Waals surface area (Å²) in [6.07, 6.45) is 0.436. The average Bonchev–Trinajstić information content (AvgIpc) is 3.35. The van der Waals surface area contributed by atoms with Gasteiger partial charge in [-0.15, -0.1) is 0 Å². The van der Waals surface area contributed by atoms with Gasteiger partial charge in [0.1, 0.15) is 18.0 Å². The quantitative estimate of drug-likeness (QED) is 0.396. The molecule has 0 aliphatic carbocycles. The summed E-state index contributed by atoms with van der Waals surface area (Å²) in [5.41, 5.74) is 1.39. The third-order valence-electron chi connectivity index (χ3n) is 6.29. The van der Waals surface area contributed by atoms with Crippen LogP contribution < -0.4 is 18.7 Å².